The van der Waals surface area contributed by atoms with Gasteiger partial charge in [-0.2, -0.15) is 13.2 Å². The third-order valence-corrected chi connectivity index (χ3v) is 6.74. The molecule has 0 bridgehead atoms. The van der Waals surface area contributed by atoms with Crippen LogP contribution in [0.4, 0.5) is 29.8 Å². The summed E-state index contributed by atoms with van der Waals surface area (Å²) in [5, 5.41) is 10.5. The Morgan fingerprint density at radius 2 is 1.89 bits per heavy atom. The normalized spacial score (nSPS) is 12.1. The van der Waals surface area contributed by atoms with Crippen molar-refractivity contribution in [2.75, 3.05) is 10.6 Å². The van der Waals surface area contributed by atoms with E-state index in [9.17, 15) is 22.8 Å². The SMILES string of the molecule is CC(NC(=O)c1cc(Nc2nccs2)ncn1)c1ncc(C(=O)Nc2ccc(C(F)(F)F)c(Cl)c2)s1. The van der Waals surface area contributed by atoms with E-state index in [4.69, 9.17) is 11.6 Å². The number of rotatable bonds is 7. The molecule has 0 radical (unpaired) electrons. The molecule has 0 fully saturated rings. The number of amides is 2. The van der Waals surface area contributed by atoms with E-state index < -0.39 is 34.6 Å². The monoisotopic (exact) mass is 553 g/mol. The van der Waals surface area contributed by atoms with E-state index in [2.05, 4.69) is 35.9 Å². The maximum atomic E-state index is 12.9. The number of hydrogen-bond donors (Lipinski definition) is 3. The van der Waals surface area contributed by atoms with E-state index in [1.54, 1.807) is 18.5 Å². The lowest BCUT2D eigenvalue weighted by Crippen LogP contribution is -2.27. The van der Waals surface area contributed by atoms with Gasteiger partial charge in [0.1, 0.15) is 27.7 Å². The van der Waals surface area contributed by atoms with Crippen LogP contribution in [0.1, 0.15) is 43.7 Å². The Morgan fingerprint density at radius 1 is 1.08 bits per heavy atom. The molecule has 4 aromatic rings. The zero-order valence-electron chi connectivity index (χ0n) is 18.1. The number of halogens is 4. The number of carbonyl (C=O) groups excluding carboxylic acids is 2. The van der Waals surface area contributed by atoms with Gasteiger partial charge in [-0.1, -0.05) is 11.6 Å². The molecule has 3 heterocycles. The second kappa shape index (κ2) is 10.6. The summed E-state index contributed by atoms with van der Waals surface area (Å²) in [6.45, 7) is 1.68. The van der Waals surface area contributed by atoms with Crippen LogP contribution in [0.5, 0.6) is 0 Å². The molecule has 36 heavy (non-hydrogen) atoms. The van der Waals surface area contributed by atoms with Gasteiger partial charge in [-0.25, -0.2) is 19.9 Å². The predicted molar refractivity (Wildman–Crippen MR) is 130 cm³/mol. The van der Waals surface area contributed by atoms with Crippen molar-refractivity contribution in [1.82, 2.24) is 25.3 Å². The highest BCUT2D eigenvalue weighted by atomic mass is 35.5. The summed E-state index contributed by atoms with van der Waals surface area (Å²) in [6, 6.07) is 3.83. The maximum absolute atomic E-state index is 12.9. The molecule has 4 rings (SSSR count). The third kappa shape index (κ3) is 6.13. The summed E-state index contributed by atoms with van der Waals surface area (Å²) < 4.78 is 38.6. The van der Waals surface area contributed by atoms with Crippen LogP contribution >= 0.6 is 34.3 Å². The topological polar surface area (TPSA) is 122 Å². The van der Waals surface area contributed by atoms with Crippen molar-refractivity contribution in [3.63, 3.8) is 0 Å². The zero-order chi connectivity index (χ0) is 25.9. The Morgan fingerprint density at radius 3 is 2.58 bits per heavy atom. The lowest BCUT2D eigenvalue weighted by atomic mass is 10.2. The molecule has 0 spiro atoms. The molecule has 0 aliphatic carbocycles. The average Bonchev–Trinajstić information content (AvgIpc) is 3.51. The van der Waals surface area contributed by atoms with Gasteiger partial charge in [0.15, 0.2) is 5.13 Å². The average molecular weight is 554 g/mol. The third-order valence-electron chi connectivity index (χ3n) is 4.56. The van der Waals surface area contributed by atoms with E-state index in [0.29, 0.717) is 16.0 Å². The molecule has 1 atom stereocenters. The Bertz CT molecular complexity index is 1400. The number of hydrogen-bond acceptors (Lipinski definition) is 9. The van der Waals surface area contributed by atoms with Gasteiger partial charge in [0, 0.05) is 23.3 Å². The van der Waals surface area contributed by atoms with Crippen LogP contribution in [-0.2, 0) is 6.18 Å². The Kier molecular flexibility index (Phi) is 7.47. The quantitative estimate of drug-likeness (QED) is 0.274. The smallest absolute Gasteiger partial charge is 0.342 e. The molecule has 3 N–H and O–H groups in total. The molecule has 1 unspecified atom stereocenters. The summed E-state index contributed by atoms with van der Waals surface area (Å²) in [5.41, 5.74) is -0.786. The van der Waals surface area contributed by atoms with Gasteiger partial charge >= 0.3 is 6.18 Å². The number of carbonyl (C=O) groups is 2. The largest absolute Gasteiger partial charge is 0.417 e. The number of thiazole rings is 2. The molecule has 9 nitrogen and oxygen atoms in total. The summed E-state index contributed by atoms with van der Waals surface area (Å²) in [6.07, 6.45) is -0.415. The Labute approximate surface area is 214 Å². The molecule has 1 aromatic carbocycles. The predicted octanol–water partition coefficient (Wildman–Crippen LogP) is 5.55. The van der Waals surface area contributed by atoms with Gasteiger partial charge in [0.25, 0.3) is 11.8 Å². The molecule has 3 aromatic heterocycles. The van der Waals surface area contributed by atoms with Gasteiger partial charge < -0.3 is 16.0 Å². The van der Waals surface area contributed by atoms with Crippen molar-refractivity contribution in [2.45, 2.75) is 19.1 Å². The first-order chi connectivity index (χ1) is 17.1. The van der Waals surface area contributed by atoms with Gasteiger partial charge in [0.05, 0.1) is 22.8 Å². The second-order valence-electron chi connectivity index (χ2n) is 7.16. The fraction of sp³-hybridized carbons (Fsp3) is 0.143. The Balaban J connectivity index is 1.38. The van der Waals surface area contributed by atoms with E-state index in [-0.39, 0.29) is 16.3 Å². The molecule has 15 heteroatoms. The fourth-order valence-electron chi connectivity index (χ4n) is 2.89. The number of aromatic nitrogens is 4. The molecular formula is C21H15ClF3N7O2S2. The first-order valence-electron chi connectivity index (χ1n) is 10.0. The molecule has 0 aliphatic heterocycles. The minimum absolute atomic E-state index is 0.0974. The number of nitrogens with one attached hydrogen (secondary N) is 3. The second-order valence-corrected chi connectivity index (χ2v) is 9.52. The van der Waals surface area contributed by atoms with Gasteiger partial charge in [-0.3, -0.25) is 9.59 Å². The molecule has 0 saturated heterocycles. The van der Waals surface area contributed by atoms with E-state index >= 15 is 0 Å². The molecule has 186 valence electrons. The number of nitrogens with zero attached hydrogens (tertiary/aromatic N) is 4. The summed E-state index contributed by atoms with van der Waals surface area (Å²) in [5.74, 6) is -0.663. The van der Waals surface area contributed by atoms with E-state index in [1.807, 2.05) is 0 Å². The molecular weight excluding hydrogens is 539 g/mol. The zero-order valence-corrected chi connectivity index (χ0v) is 20.5. The van der Waals surface area contributed by atoms with Crippen LogP contribution in [0.2, 0.25) is 5.02 Å². The van der Waals surface area contributed by atoms with Crippen molar-refractivity contribution >= 4 is 62.7 Å². The van der Waals surface area contributed by atoms with Crippen LogP contribution in [0, 0.1) is 0 Å². The van der Waals surface area contributed by atoms with Crippen LogP contribution in [0.3, 0.4) is 0 Å². The summed E-state index contributed by atoms with van der Waals surface area (Å²) in [4.78, 5) is 41.7. The van der Waals surface area contributed by atoms with Crippen molar-refractivity contribution in [3.05, 3.63) is 74.5 Å². The lowest BCUT2D eigenvalue weighted by Gasteiger charge is -2.11. The molecule has 2 amide bonds. The Hall–Kier alpha value is -3.62. The first-order valence-corrected chi connectivity index (χ1v) is 12.1. The summed E-state index contributed by atoms with van der Waals surface area (Å²) in [7, 11) is 0. The minimum atomic E-state index is -4.60. The maximum Gasteiger partial charge on any atom is 0.417 e. The first kappa shape index (κ1) is 25.5. The van der Waals surface area contributed by atoms with Crippen LogP contribution < -0.4 is 16.0 Å². The lowest BCUT2D eigenvalue weighted by molar-refractivity contribution is -0.137. The van der Waals surface area contributed by atoms with E-state index in [1.165, 1.54) is 29.9 Å². The van der Waals surface area contributed by atoms with Crippen molar-refractivity contribution < 1.29 is 22.8 Å². The number of alkyl halides is 3. The van der Waals surface area contributed by atoms with Crippen LogP contribution in [0.25, 0.3) is 0 Å². The van der Waals surface area contributed by atoms with E-state index in [0.717, 1.165) is 29.5 Å². The van der Waals surface area contributed by atoms with Crippen molar-refractivity contribution in [3.8, 4) is 0 Å². The van der Waals surface area contributed by atoms with Crippen molar-refractivity contribution in [2.24, 2.45) is 0 Å². The highest BCUT2D eigenvalue weighted by molar-refractivity contribution is 7.14. The minimum Gasteiger partial charge on any atom is -0.342 e. The highest BCUT2D eigenvalue weighted by Crippen LogP contribution is 2.36. The number of anilines is 3. The van der Waals surface area contributed by atoms with Crippen molar-refractivity contribution in [1.29, 1.82) is 0 Å². The van der Waals surface area contributed by atoms with Crippen LogP contribution in [-0.4, -0.2) is 31.8 Å². The fourth-order valence-corrected chi connectivity index (χ4v) is 4.52. The highest BCUT2D eigenvalue weighted by Gasteiger charge is 2.33. The standard InChI is InChI=1S/C21H15ClF3N7O2S2/c1-10(30-17(33)14-7-16(29-9-28-14)32-20-26-4-5-35-20)19-27-8-15(36-19)18(34)31-11-2-3-12(13(22)6-11)21(23,24)25/h2-10H,1H3,(H,30,33)(H,31,34)(H,26,28,29,32). The van der Waals surface area contributed by atoms with Gasteiger partial charge in [0.2, 0.25) is 0 Å². The molecule has 0 aliphatic rings. The van der Waals surface area contributed by atoms with Gasteiger partial charge in [-0.15, -0.1) is 22.7 Å². The number of benzene rings is 1. The summed E-state index contributed by atoms with van der Waals surface area (Å²) >= 11 is 8.09. The molecule has 0 saturated carbocycles. The van der Waals surface area contributed by atoms with Gasteiger partial charge in [-0.05, 0) is 25.1 Å². The van der Waals surface area contributed by atoms with Crippen LogP contribution in [0.15, 0.2) is 48.4 Å².